The highest BCUT2D eigenvalue weighted by molar-refractivity contribution is 7.90. The number of benzene rings is 1. The van der Waals surface area contributed by atoms with Crippen LogP contribution in [0.1, 0.15) is 17.3 Å². The SMILES string of the molecule is N#Cc1cnc([C@@H](CO)NC(=O)CN2C(=O)Nc3ccc(F)c(F)c3S2(=O)=O)c(F)c1. The highest BCUT2D eigenvalue weighted by Gasteiger charge is 2.41. The molecule has 1 aromatic heterocycles. The van der Waals surface area contributed by atoms with E-state index in [1.54, 1.807) is 6.07 Å². The predicted octanol–water partition coefficient (Wildman–Crippen LogP) is 0.757. The zero-order valence-electron chi connectivity index (χ0n) is 15.3. The summed E-state index contributed by atoms with van der Waals surface area (Å²) < 4.78 is 66.8. The molecule has 0 aliphatic carbocycles. The van der Waals surface area contributed by atoms with Crippen molar-refractivity contribution < 1.29 is 36.3 Å². The number of rotatable bonds is 5. The third kappa shape index (κ3) is 4.00. The summed E-state index contributed by atoms with van der Waals surface area (Å²) in [6.07, 6.45) is 0.990. The van der Waals surface area contributed by atoms with Crippen LogP contribution in [0.2, 0.25) is 0 Å². The fourth-order valence-electron chi connectivity index (χ4n) is 2.77. The minimum atomic E-state index is -4.95. The molecule has 1 aromatic carbocycles. The van der Waals surface area contributed by atoms with E-state index in [0.29, 0.717) is 6.07 Å². The molecule has 0 saturated carbocycles. The van der Waals surface area contributed by atoms with Crippen molar-refractivity contribution >= 4 is 27.6 Å². The molecule has 1 aliphatic rings. The van der Waals surface area contributed by atoms with E-state index in [-0.39, 0.29) is 9.87 Å². The first-order chi connectivity index (χ1) is 14.6. The Labute approximate surface area is 173 Å². The summed E-state index contributed by atoms with van der Waals surface area (Å²) >= 11 is 0. The number of hydrogen-bond acceptors (Lipinski definition) is 7. The summed E-state index contributed by atoms with van der Waals surface area (Å²) in [7, 11) is -4.95. The number of sulfonamides is 1. The topological polar surface area (TPSA) is 152 Å². The minimum absolute atomic E-state index is 0.0375. The van der Waals surface area contributed by atoms with Crippen LogP contribution < -0.4 is 10.6 Å². The van der Waals surface area contributed by atoms with Crippen LogP contribution in [0.4, 0.5) is 23.7 Å². The Morgan fingerprint density at radius 1 is 1.32 bits per heavy atom. The lowest BCUT2D eigenvalue weighted by atomic mass is 10.1. The number of pyridine rings is 1. The zero-order chi connectivity index (χ0) is 22.9. The van der Waals surface area contributed by atoms with Gasteiger partial charge in [0.05, 0.1) is 23.9 Å². The first kappa shape index (κ1) is 22.0. The van der Waals surface area contributed by atoms with E-state index in [0.717, 1.165) is 18.3 Å². The van der Waals surface area contributed by atoms with Gasteiger partial charge in [-0.05, 0) is 18.2 Å². The number of carbonyl (C=O) groups is 2. The number of aliphatic hydroxyl groups is 1. The van der Waals surface area contributed by atoms with E-state index >= 15 is 0 Å². The number of aliphatic hydroxyl groups excluding tert-OH is 1. The van der Waals surface area contributed by atoms with Gasteiger partial charge in [0, 0.05) is 6.20 Å². The monoisotopic (exact) mass is 455 g/mol. The van der Waals surface area contributed by atoms with Gasteiger partial charge in [0.2, 0.25) is 5.91 Å². The number of nitriles is 1. The maximum absolute atomic E-state index is 14.1. The second-order valence-corrected chi connectivity index (χ2v) is 7.98. The van der Waals surface area contributed by atoms with Crippen LogP contribution in [0.25, 0.3) is 0 Å². The maximum atomic E-state index is 14.1. The molecule has 2 aromatic rings. The molecule has 0 bridgehead atoms. The van der Waals surface area contributed by atoms with E-state index in [1.807, 2.05) is 5.32 Å². The van der Waals surface area contributed by atoms with Gasteiger partial charge in [0.25, 0.3) is 10.0 Å². The van der Waals surface area contributed by atoms with Crippen molar-refractivity contribution in [2.24, 2.45) is 0 Å². The molecule has 3 rings (SSSR count). The second kappa shape index (κ2) is 8.20. The molecule has 10 nitrogen and oxygen atoms in total. The van der Waals surface area contributed by atoms with Gasteiger partial charge in [-0.3, -0.25) is 9.78 Å². The lowest BCUT2D eigenvalue weighted by Gasteiger charge is -2.29. The molecule has 0 saturated heterocycles. The largest absolute Gasteiger partial charge is 0.394 e. The Morgan fingerprint density at radius 2 is 2.03 bits per heavy atom. The van der Waals surface area contributed by atoms with Crippen molar-refractivity contribution in [3.63, 3.8) is 0 Å². The van der Waals surface area contributed by atoms with Gasteiger partial charge in [-0.2, -0.15) is 5.26 Å². The number of nitrogens with one attached hydrogen (secondary N) is 2. The summed E-state index contributed by atoms with van der Waals surface area (Å²) in [6, 6.07) is 1.18. The fourth-order valence-corrected chi connectivity index (χ4v) is 4.27. The maximum Gasteiger partial charge on any atom is 0.336 e. The van der Waals surface area contributed by atoms with Crippen LogP contribution in [0, 0.1) is 28.8 Å². The number of carbonyl (C=O) groups excluding carboxylic acids is 2. The van der Waals surface area contributed by atoms with Crippen LogP contribution in [0.15, 0.2) is 29.3 Å². The van der Waals surface area contributed by atoms with E-state index in [1.165, 1.54) is 0 Å². The van der Waals surface area contributed by atoms with Gasteiger partial charge in [0.1, 0.15) is 29.0 Å². The highest BCUT2D eigenvalue weighted by atomic mass is 32.2. The molecular weight excluding hydrogens is 443 g/mol. The number of anilines is 1. The minimum Gasteiger partial charge on any atom is -0.394 e. The molecule has 3 amide bonds. The van der Waals surface area contributed by atoms with Crippen LogP contribution in [0.5, 0.6) is 0 Å². The van der Waals surface area contributed by atoms with Crippen molar-refractivity contribution in [3.05, 3.63) is 53.1 Å². The molecule has 0 fully saturated rings. The van der Waals surface area contributed by atoms with Crippen LogP contribution in [-0.2, 0) is 14.8 Å². The van der Waals surface area contributed by atoms with Crippen LogP contribution in [-0.4, -0.2) is 47.9 Å². The molecule has 0 radical (unpaired) electrons. The quantitative estimate of drug-likeness (QED) is 0.602. The lowest BCUT2D eigenvalue weighted by molar-refractivity contribution is -0.122. The molecule has 0 unspecified atom stereocenters. The third-order valence-electron chi connectivity index (χ3n) is 4.20. The first-order valence-corrected chi connectivity index (χ1v) is 9.81. The van der Waals surface area contributed by atoms with Gasteiger partial charge in [-0.15, -0.1) is 0 Å². The van der Waals surface area contributed by atoms with E-state index in [9.17, 15) is 36.3 Å². The normalized spacial score (nSPS) is 15.5. The van der Waals surface area contributed by atoms with Gasteiger partial charge in [0.15, 0.2) is 11.6 Å². The number of halogens is 3. The molecule has 162 valence electrons. The molecule has 0 spiro atoms. The predicted molar refractivity (Wildman–Crippen MR) is 96.1 cm³/mol. The van der Waals surface area contributed by atoms with Crippen molar-refractivity contribution in [2.45, 2.75) is 10.9 Å². The average molecular weight is 455 g/mol. The second-order valence-electron chi connectivity index (χ2n) is 6.19. The molecule has 2 heterocycles. The number of fused-ring (bicyclic) bond motifs is 1. The van der Waals surface area contributed by atoms with Crippen molar-refractivity contribution in [3.8, 4) is 6.07 Å². The molecule has 3 N–H and O–H groups in total. The van der Waals surface area contributed by atoms with E-state index < -0.39 is 74.9 Å². The van der Waals surface area contributed by atoms with Crippen LogP contribution in [0.3, 0.4) is 0 Å². The van der Waals surface area contributed by atoms with Gasteiger partial charge >= 0.3 is 6.03 Å². The highest BCUT2D eigenvalue weighted by Crippen LogP contribution is 2.33. The van der Waals surface area contributed by atoms with Crippen molar-refractivity contribution in [1.82, 2.24) is 14.6 Å². The Balaban J connectivity index is 1.85. The third-order valence-corrected chi connectivity index (χ3v) is 5.99. The number of urea groups is 1. The number of hydrogen-bond donors (Lipinski definition) is 3. The molecule has 1 aliphatic heterocycles. The van der Waals surface area contributed by atoms with E-state index in [2.05, 4.69) is 10.3 Å². The summed E-state index contributed by atoms with van der Waals surface area (Å²) in [5, 5.41) is 22.3. The van der Waals surface area contributed by atoms with Crippen LogP contribution >= 0.6 is 0 Å². The summed E-state index contributed by atoms with van der Waals surface area (Å²) in [5.74, 6) is -5.41. The average Bonchev–Trinajstić information content (AvgIpc) is 2.72. The van der Waals surface area contributed by atoms with Gasteiger partial charge in [-0.25, -0.2) is 30.7 Å². The standard InChI is InChI=1S/C17H12F3N5O5S/c18-9-1-2-11-16(14(9)20)31(29,30)25(17(28)24-11)6-13(27)23-12(7-26)15-10(19)3-8(4-21)5-22-15/h1-3,5,12,26H,6-7H2,(H,23,27)(H,24,28)/t12-/m1/s1. The molecule has 31 heavy (non-hydrogen) atoms. The van der Waals surface area contributed by atoms with E-state index in [4.69, 9.17) is 5.26 Å². The van der Waals surface area contributed by atoms with Gasteiger partial charge < -0.3 is 15.7 Å². The first-order valence-electron chi connectivity index (χ1n) is 8.37. The smallest absolute Gasteiger partial charge is 0.336 e. The summed E-state index contributed by atoms with van der Waals surface area (Å²) in [4.78, 5) is 26.9. The number of nitrogens with zero attached hydrogens (tertiary/aromatic N) is 3. The Bertz CT molecular complexity index is 1230. The fraction of sp³-hybridized carbons (Fsp3) is 0.176. The van der Waals surface area contributed by atoms with Gasteiger partial charge in [-0.1, -0.05) is 0 Å². The lowest BCUT2D eigenvalue weighted by Crippen LogP contribution is -2.49. The summed E-state index contributed by atoms with van der Waals surface area (Å²) in [6.45, 7) is -2.04. The Morgan fingerprint density at radius 3 is 2.65 bits per heavy atom. The number of amides is 3. The molecule has 1 atom stereocenters. The zero-order valence-corrected chi connectivity index (χ0v) is 16.1. The Kier molecular flexibility index (Phi) is 5.82. The summed E-state index contributed by atoms with van der Waals surface area (Å²) in [5.41, 5.74) is -1.06. The van der Waals surface area contributed by atoms with Crippen molar-refractivity contribution in [2.75, 3.05) is 18.5 Å². The number of aromatic nitrogens is 1. The Hall–Kier alpha value is -3.70. The molecule has 14 heteroatoms. The molecular formula is C17H12F3N5O5S. The van der Waals surface area contributed by atoms with Crippen molar-refractivity contribution in [1.29, 1.82) is 5.26 Å².